The number of nitrogens with one attached hydrogen (secondary N) is 2. The predicted octanol–water partition coefficient (Wildman–Crippen LogP) is 4.83. The first kappa shape index (κ1) is 30.9. The van der Waals surface area contributed by atoms with Crippen LogP contribution in [0.4, 0.5) is 5.69 Å². The number of aromatic hydroxyl groups is 1. The van der Waals surface area contributed by atoms with Gasteiger partial charge in [-0.1, -0.05) is 30.3 Å². The molecule has 1 saturated heterocycles. The lowest BCUT2D eigenvalue weighted by molar-refractivity contribution is 0.0178. The Kier molecular flexibility index (Phi) is 9.74. The maximum Gasteiger partial charge on any atom is 0.338 e. The van der Waals surface area contributed by atoms with Crippen molar-refractivity contribution < 1.29 is 24.3 Å². The summed E-state index contributed by atoms with van der Waals surface area (Å²) in [6.45, 7) is 5.05. The van der Waals surface area contributed by atoms with Crippen molar-refractivity contribution >= 4 is 34.2 Å². The minimum Gasteiger partial charge on any atom is -0.494 e. The van der Waals surface area contributed by atoms with E-state index in [1.54, 1.807) is 30.3 Å². The second-order valence-corrected chi connectivity index (χ2v) is 11.2. The third kappa shape index (κ3) is 6.99. The molecule has 1 aliphatic rings. The summed E-state index contributed by atoms with van der Waals surface area (Å²) in [5, 5.41) is 11.7. The second-order valence-electron chi connectivity index (χ2n) is 11.2. The van der Waals surface area contributed by atoms with Crippen LogP contribution in [0.5, 0.6) is 5.88 Å². The molecule has 0 saturated carbocycles. The molecule has 3 aromatic carbocycles. The predicted molar refractivity (Wildman–Crippen MR) is 171 cm³/mol. The third-order valence-corrected chi connectivity index (χ3v) is 8.15. The number of aromatic amines is 1. The Bertz CT molecular complexity index is 1640. The van der Waals surface area contributed by atoms with Crippen molar-refractivity contribution in [2.24, 2.45) is 4.99 Å². The Labute approximate surface area is 257 Å². The zero-order chi connectivity index (χ0) is 31.2. The number of aliphatic imine (C=N–C) groups is 1. The standard InChI is InChI=1S/C34H39N5O5/c1-22-20-28-29(21-27(22)34(42)43-4)36-33(41)30(28)31(23-8-6-5-7-9-23)35-25-12-10-24(11-13-25)32(40)37-44-19-18-39-16-14-26(15-17-39)38(2)3/h5-13,20-21,26,36,41H,14-19H2,1-4H3,(H,37,40). The maximum atomic E-state index is 12.7. The minimum atomic E-state index is -0.452. The van der Waals surface area contributed by atoms with Gasteiger partial charge < -0.3 is 24.6 Å². The number of hydrogen-bond acceptors (Lipinski definition) is 8. The number of rotatable bonds is 10. The Morgan fingerprint density at radius 1 is 1.05 bits per heavy atom. The van der Waals surface area contributed by atoms with Gasteiger partial charge in [0.05, 0.1) is 36.2 Å². The molecule has 3 N–H and O–H groups in total. The zero-order valence-electron chi connectivity index (χ0n) is 25.6. The van der Waals surface area contributed by atoms with Crippen molar-refractivity contribution in [2.75, 3.05) is 47.4 Å². The molecule has 44 heavy (non-hydrogen) atoms. The molecule has 4 aromatic rings. The van der Waals surface area contributed by atoms with Crippen LogP contribution in [0.2, 0.25) is 0 Å². The van der Waals surface area contributed by atoms with Crippen molar-refractivity contribution in [3.05, 3.63) is 94.5 Å². The summed E-state index contributed by atoms with van der Waals surface area (Å²) in [5.74, 6) is -0.854. The van der Waals surface area contributed by atoms with E-state index in [2.05, 4.69) is 34.4 Å². The van der Waals surface area contributed by atoms with E-state index >= 15 is 0 Å². The lowest BCUT2D eigenvalue weighted by Gasteiger charge is -2.34. The van der Waals surface area contributed by atoms with Gasteiger partial charge in [-0.25, -0.2) is 15.3 Å². The normalized spacial score (nSPS) is 14.7. The smallest absolute Gasteiger partial charge is 0.338 e. The second kappa shape index (κ2) is 13.9. The van der Waals surface area contributed by atoms with Crippen molar-refractivity contribution in [2.45, 2.75) is 25.8 Å². The minimum absolute atomic E-state index is 0.0702. The number of aryl methyl sites for hydroxylation is 1. The molecule has 0 atom stereocenters. The molecular weight excluding hydrogens is 558 g/mol. The number of hydrogen-bond donors (Lipinski definition) is 3. The van der Waals surface area contributed by atoms with Crippen LogP contribution >= 0.6 is 0 Å². The van der Waals surface area contributed by atoms with E-state index in [-0.39, 0.29) is 11.8 Å². The molecule has 0 aliphatic carbocycles. The van der Waals surface area contributed by atoms with Gasteiger partial charge in [0, 0.05) is 34.6 Å². The first-order valence-corrected chi connectivity index (χ1v) is 14.7. The number of fused-ring (bicyclic) bond motifs is 1. The Morgan fingerprint density at radius 3 is 2.41 bits per heavy atom. The topological polar surface area (TPSA) is 119 Å². The van der Waals surface area contributed by atoms with E-state index in [0.29, 0.717) is 57.2 Å². The molecule has 1 amide bonds. The monoisotopic (exact) mass is 597 g/mol. The fourth-order valence-corrected chi connectivity index (χ4v) is 5.59. The number of amides is 1. The number of carbonyl (C=O) groups excluding carboxylic acids is 2. The molecule has 0 spiro atoms. The van der Waals surface area contributed by atoms with Crippen LogP contribution in [0.15, 0.2) is 71.7 Å². The lowest BCUT2D eigenvalue weighted by Crippen LogP contribution is -2.43. The largest absolute Gasteiger partial charge is 0.494 e. The quantitative estimate of drug-likeness (QED) is 0.104. The van der Waals surface area contributed by atoms with Gasteiger partial charge in [0.1, 0.15) is 0 Å². The van der Waals surface area contributed by atoms with Crippen LogP contribution in [0.3, 0.4) is 0 Å². The summed E-state index contributed by atoms with van der Waals surface area (Å²) in [6, 6.07) is 20.5. The summed E-state index contributed by atoms with van der Waals surface area (Å²) in [4.78, 5) is 43.0. The van der Waals surface area contributed by atoms with E-state index in [1.807, 2.05) is 43.3 Å². The molecule has 1 aliphatic heterocycles. The molecule has 10 heteroatoms. The van der Waals surface area contributed by atoms with Gasteiger partial charge >= 0.3 is 5.97 Å². The first-order chi connectivity index (χ1) is 21.2. The van der Waals surface area contributed by atoms with Gasteiger partial charge in [-0.2, -0.15) is 0 Å². The number of aromatic nitrogens is 1. The number of ether oxygens (including phenoxy) is 1. The molecular formula is C34H39N5O5. The first-order valence-electron chi connectivity index (χ1n) is 14.7. The molecule has 0 radical (unpaired) electrons. The highest BCUT2D eigenvalue weighted by atomic mass is 16.7. The number of hydroxylamine groups is 1. The summed E-state index contributed by atoms with van der Waals surface area (Å²) >= 11 is 0. The fraction of sp³-hybridized carbons (Fsp3) is 0.324. The number of carbonyl (C=O) groups is 2. The SMILES string of the molecule is COC(=O)c1cc2[nH]c(O)c(C(=Nc3ccc(C(=O)NOCCN4CCC(N(C)C)CC4)cc3)c3ccccc3)c2cc1C. The van der Waals surface area contributed by atoms with Gasteiger partial charge in [-0.15, -0.1) is 0 Å². The zero-order valence-corrected chi connectivity index (χ0v) is 25.6. The fourth-order valence-electron chi connectivity index (χ4n) is 5.59. The average Bonchev–Trinajstić information content (AvgIpc) is 3.35. The summed E-state index contributed by atoms with van der Waals surface area (Å²) in [5.41, 5.74) is 7.12. The highest BCUT2D eigenvalue weighted by Crippen LogP contribution is 2.33. The third-order valence-electron chi connectivity index (χ3n) is 8.15. The van der Waals surface area contributed by atoms with Crippen LogP contribution in [-0.4, -0.2) is 91.0 Å². The average molecular weight is 598 g/mol. The van der Waals surface area contributed by atoms with Crippen molar-refractivity contribution in [1.29, 1.82) is 0 Å². The lowest BCUT2D eigenvalue weighted by atomic mass is 9.98. The maximum absolute atomic E-state index is 12.7. The molecule has 230 valence electrons. The highest BCUT2D eigenvalue weighted by Gasteiger charge is 2.22. The number of methoxy groups -OCH3 is 1. The van der Waals surface area contributed by atoms with Gasteiger partial charge in [-0.05, 0) is 88.9 Å². The van der Waals surface area contributed by atoms with Gasteiger partial charge in [0.25, 0.3) is 5.91 Å². The van der Waals surface area contributed by atoms with Crippen LogP contribution in [0.25, 0.3) is 10.9 Å². The number of esters is 1. The van der Waals surface area contributed by atoms with E-state index in [4.69, 9.17) is 14.6 Å². The van der Waals surface area contributed by atoms with Gasteiger partial charge in [0.2, 0.25) is 0 Å². The summed E-state index contributed by atoms with van der Waals surface area (Å²) in [7, 11) is 5.58. The molecule has 2 heterocycles. The molecule has 5 rings (SSSR count). The van der Waals surface area contributed by atoms with Crippen LogP contribution in [-0.2, 0) is 9.57 Å². The number of likely N-dealkylation sites (tertiary alicyclic amines) is 1. The molecule has 1 fully saturated rings. The number of H-pyrrole nitrogens is 1. The van der Waals surface area contributed by atoms with Crippen LogP contribution < -0.4 is 5.48 Å². The Balaban J connectivity index is 1.31. The highest BCUT2D eigenvalue weighted by molar-refractivity contribution is 6.22. The van der Waals surface area contributed by atoms with E-state index < -0.39 is 5.97 Å². The molecule has 1 aromatic heterocycles. The summed E-state index contributed by atoms with van der Waals surface area (Å²) < 4.78 is 4.91. The number of nitrogens with zero attached hydrogens (tertiary/aromatic N) is 3. The van der Waals surface area contributed by atoms with E-state index in [1.165, 1.54) is 7.11 Å². The number of piperidine rings is 1. The van der Waals surface area contributed by atoms with Gasteiger partial charge in [-0.3, -0.25) is 9.63 Å². The van der Waals surface area contributed by atoms with Crippen LogP contribution in [0.1, 0.15) is 50.2 Å². The van der Waals surface area contributed by atoms with E-state index in [9.17, 15) is 14.7 Å². The van der Waals surface area contributed by atoms with Crippen LogP contribution in [0, 0.1) is 6.92 Å². The molecule has 0 unspecified atom stereocenters. The Morgan fingerprint density at radius 2 is 1.75 bits per heavy atom. The summed E-state index contributed by atoms with van der Waals surface area (Å²) in [6.07, 6.45) is 2.27. The van der Waals surface area contributed by atoms with Crippen molar-refractivity contribution in [3.63, 3.8) is 0 Å². The van der Waals surface area contributed by atoms with Crippen molar-refractivity contribution in [3.8, 4) is 5.88 Å². The molecule has 0 bridgehead atoms. The van der Waals surface area contributed by atoms with Gasteiger partial charge in [0.15, 0.2) is 5.88 Å². The van der Waals surface area contributed by atoms with Crippen molar-refractivity contribution in [1.82, 2.24) is 20.3 Å². The molecule has 10 nitrogen and oxygen atoms in total. The van der Waals surface area contributed by atoms with E-state index in [0.717, 1.165) is 38.0 Å². The Hall–Kier alpha value is -4.51. The number of benzene rings is 3.